The summed E-state index contributed by atoms with van der Waals surface area (Å²) in [6, 6.07) is 6.95. The predicted molar refractivity (Wildman–Crippen MR) is 116 cm³/mol. The molecule has 2 rings (SSSR count). The first-order chi connectivity index (χ1) is 14.0. The fourth-order valence-corrected chi connectivity index (χ4v) is 4.38. The van der Waals surface area contributed by atoms with Crippen LogP contribution >= 0.6 is 23.1 Å². The Balaban J connectivity index is 2.18. The fraction of sp³-hybridized carbons (Fsp3) is 0.381. The Hall–Kier alpha value is -2.50. The van der Waals surface area contributed by atoms with Gasteiger partial charge >= 0.3 is 5.97 Å². The molecular weight excluding hydrogens is 408 g/mol. The predicted octanol–water partition coefficient (Wildman–Crippen LogP) is 5.63. The molecule has 0 fully saturated rings. The fourth-order valence-electron chi connectivity index (χ4n) is 2.59. The number of thioether (sulfide) groups is 1. The number of nitriles is 1. The van der Waals surface area contributed by atoms with Crippen LogP contribution in [0.1, 0.15) is 58.7 Å². The molecule has 154 valence electrons. The van der Waals surface area contributed by atoms with Gasteiger partial charge in [0, 0.05) is 5.56 Å². The zero-order chi connectivity index (χ0) is 21.2. The van der Waals surface area contributed by atoms with Crippen molar-refractivity contribution >= 4 is 40.0 Å². The number of ether oxygens (including phenoxy) is 2. The van der Waals surface area contributed by atoms with Crippen molar-refractivity contribution in [2.75, 3.05) is 18.5 Å². The number of nitrogens with zero attached hydrogens (tertiary/aromatic N) is 1. The van der Waals surface area contributed by atoms with Gasteiger partial charge in [-0.1, -0.05) is 25.8 Å². The van der Waals surface area contributed by atoms with Crippen LogP contribution < -0.4 is 10.1 Å². The van der Waals surface area contributed by atoms with Gasteiger partial charge in [0.15, 0.2) is 0 Å². The number of rotatable bonds is 10. The van der Waals surface area contributed by atoms with E-state index in [1.165, 1.54) is 0 Å². The van der Waals surface area contributed by atoms with Gasteiger partial charge in [0.2, 0.25) is 0 Å². The van der Waals surface area contributed by atoms with E-state index in [0.717, 1.165) is 42.4 Å². The smallest absolute Gasteiger partial charge is 0.348 e. The molecule has 0 saturated carbocycles. The van der Waals surface area contributed by atoms with Crippen molar-refractivity contribution in [3.63, 3.8) is 0 Å². The third-order valence-electron chi connectivity index (χ3n) is 4.04. The number of amides is 1. The van der Waals surface area contributed by atoms with E-state index >= 15 is 0 Å². The van der Waals surface area contributed by atoms with Gasteiger partial charge in [-0.05, 0) is 55.8 Å². The van der Waals surface area contributed by atoms with Crippen LogP contribution in [0.15, 0.2) is 29.2 Å². The first-order valence-corrected chi connectivity index (χ1v) is 11.1. The van der Waals surface area contributed by atoms with Crippen LogP contribution in [0.3, 0.4) is 0 Å². The molecule has 0 bridgehead atoms. The SMILES string of the molecule is CCCCCOc1cccc(C(=O)Nc2sc(C(=O)OCC)c(C)c2SC#N)c1. The Morgan fingerprint density at radius 1 is 1.28 bits per heavy atom. The number of carbonyl (C=O) groups is 2. The second-order valence-corrected chi connectivity index (χ2v) is 7.98. The molecule has 0 saturated heterocycles. The third-order valence-corrected chi connectivity index (χ3v) is 6.16. The van der Waals surface area contributed by atoms with Gasteiger partial charge < -0.3 is 14.8 Å². The summed E-state index contributed by atoms with van der Waals surface area (Å²) in [5.41, 5.74) is 1.07. The lowest BCUT2D eigenvalue weighted by Gasteiger charge is -2.08. The van der Waals surface area contributed by atoms with Crippen LogP contribution in [0.4, 0.5) is 5.00 Å². The molecule has 0 atom stereocenters. The zero-order valence-corrected chi connectivity index (χ0v) is 18.4. The van der Waals surface area contributed by atoms with Gasteiger partial charge in [0.05, 0.1) is 18.1 Å². The van der Waals surface area contributed by atoms with Gasteiger partial charge in [-0.15, -0.1) is 11.3 Å². The average molecular weight is 433 g/mol. The Bertz CT molecular complexity index is 903. The number of thiophene rings is 1. The molecular formula is C21H24N2O4S2. The molecule has 1 N–H and O–H groups in total. The summed E-state index contributed by atoms with van der Waals surface area (Å²) < 4.78 is 10.8. The molecule has 0 radical (unpaired) electrons. The molecule has 1 heterocycles. The third kappa shape index (κ3) is 6.24. The number of esters is 1. The van der Waals surface area contributed by atoms with Gasteiger partial charge in [0.1, 0.15) is 21.0 Å². The van der Waals surface area contributed by atoms with E-state index in [1.807, 2.05) is 11.5 Å². The Labute approximate surface area is 179 Å². The number of thiocyanates is 1. The topological polar surface area (TPSA) is 88.4 Å². The number of unbranched alkanes of at least 4 members (excludes halogenated alkanes) is 2. The lowest BCUT2D eigenvalue weighted by atomic mass is 10.2. The van der Waals surface area contributed by atoms with Crippen LogP contribution in [0.2, 0.25) is 0 Å². The molecule has 1 aromatic carbocycles. The standard InChI is InChI=1S/C21H24N2O4S2/c1-4-6-7-11-27-16-10-8-9-15(12-16)19(24)23-20-17(28-13-22)14(3)18(29-20)21(25)26-5-2/h8-10,12H,4-7,11H2,1-3H3,(H,23,24). The Kier molecular flexibility index (Phi) is 9.03. The minimum atomic E-state index is -0.460. The summed E-state index contributed by atoms with van der Waals surface area (Å²) in [6.45, 7) is 6.45. The van der Waals surface area contributed by atoms with Gasteiger partial charge in [-0.3, -0.25) is 4.79 Å². The molecule has 0 aliphatic carbocycles. The van der Waals surface area contributed by atoms with Crippen LogP contribution in [-0.2, 0) is 4.74 Å². The van der Waals surface area contributed by atoms with Crippen molar-refractivity contribution in [1.82, 2.24) is 0 Å². The average Bonchev–Trinajstić information content (AvgIpc) is 3.02. The summed E-state index contributed by atoms with van der Waals surface area (Å²) in [5.74, 6) is -0.159. The lowest BCUT2D eigenvalue weighted by Crippen LogP contribution is -2.11. The van der Waals surface area contributed by atoms with Gasteiger partial charge in [-0.25, -0.2) is 4.79 Å². The lowest BCUT2D eigenvalue weighted by molar-refractivity contribution is 0.0531. The number of carbonyl (C=O) groups excluding carboxylic acids is 2. The van der Waals surface area contributed by atoms with Crippen LogP contribution in [0.25, 0.3) is 0 Å². The van der Waals surface area contributed by atoms with Gasteiger partial charge in [-0.2, -0.15) is 5.26 Å². The van der Waals surface area contributed by atoms with E-state index in [1.54, 1.807) is 32.0 Å². The molecule has 8 heteroatoms. The maximum atomic E-state index is 12.7. The van der Waals surface area contributed by atoms with Crippen molar-refractivity contribution in [1.29, 1.82) is 5.26 Å². The summed E-state index contributed by atoms with van der Waals surface area (Å²) >= 11 is 2.02. The Morgan fingerprint density at radius 3 is 2.76 bits per heavy atom. The van der Waals surface area contributed by atoms with Crippen molar-refractivity contribution in [3.05, 3.63) is 40.3 Å². The Morgan fingerprint density at radius 2 is 2.07 bits per heavy atom. The molecule has 6 nitrogen and oxygen atoms in total. The highest BCUT2D eigenvalue weighted by atomic mass is 32.2. The number of benzene rings is 1. The molecule has 0 spiro atoms. The first-order valence-electron chi connectivity index (χ1n) is 9.42. The van der Waals surface area contributed by atoms with E-state index in [9.17, 15) is 9.59 Å². The normalized spacial score (nSPS) is 10.3. The molecule has 1 aromatic heterocycles. The summed E-state index contributed by atoms with van der Waals surface area (Å²) in [6.07, 6.45) is 3.18. The maximum absolute atomic E-state index is 12.7. The zero-order valence-electron chi connectivity index (χ0n) is 16.7. The number of nitrogens with one attached hydrogen (secondary N) is 1. The van der Waals surface area contributed by atoms with Crippen LogP contribution in [-0.4, -0.2) is 25.1 Å². The highest BCUT2D eigenvalue weighted by Gasteiger charge is 2.23. The summed E-state index contributed by atoms with van der Waals surface area (Å²) in [5, 5.41) is 14.4. The minimum Gasteiger partial charge on any atom is -0.494 e. The monoisotopic (exact) mass is 432 g/mol. The van der Waals surface area contributed by atoms with E-state index in [2.05, 4.69) is 12.2 Å². The van der Waals surface area contributed by atoms with E-state index < -0.39 is 5.97 Å². The number of hydrogen-bond donors (Lipinski definition) is 1. The number of anilines is 1. The molecule has 0 unspecified atom stereocenters. The molecule has 0 aliphatic rings. The van der Waals surface area contributed by atoms with Crippen molar-refractivity contribution in [2.45, 2.75) is 44.9 Å². The second kappa shape index (κ2) is 11.5. The second-order valence-electron chi connectivity index (χ2n) is 6.17. The molecule has 0 aliphatic heterocycles. The summed E-state index contributed by atoms with van der Waals surface area (Å²) in [7, 11) is 0. The quantitative estimate of drug-likeness (QED) is 0.227. The molecule has 1 amide bonds. The largest absolute Gasteiger partial charge is 0.494 e. The number of hydrogen-bond acceptors (Lipinski definition) is 7. The van der Waals surface area contributed by atoms with Gasteiger partial charge in [0.25, 0.3) is 5.91 Å². The van der Waals surface area contributed by atoms with E-state index in [4.69, 9.17) is 14.7 Å². The van der Waals surface area contributed by atoms with Crippen LogP contribution in [0.5, 0.6) is 5.75 Å². The molecule has 29 heavy (non-hydrogen) atoms. The van der Waals surface area contributed by atoms with E-state index in [0.29, 0.717) is 38.3 Å². The minimum absolute atomic E-state index is 0.254. The first kappa shape index (κ1) is 22.8. The van der Waals surface area contributed by atoms with E-state index in [-0.39, 0.29) is 12.5 Å². The van der Waals surface area contributed by atoms with Crippen molar-refractivity contribution < 1.29 is 19.1 Å². The maximum Gasteiger partial charge on any atom is 0.348 e. The highest BCUT2D eigenvalue weighted by molar-refractivity contribution is 8.04. The van der Waals surface area contributed by atoms with Crippen LogP contribution in [0, 0.1) is 17.6 Å². The summed E-state index contributed by atoms with van der Waals surface area (Å²) in [4.78, 5) is 25.8. The van der Waals surface area contributed by atoms with Crippen molar-refractivity contribution in [3.8, 4) is 11.2 Å². The highest BCUT2D eigenvalue weighted by Crippen LogP contribution is 2.40. The van der Waals surface area contributed by atoms with Crippen molar-refractivity contribution in [2.24, 2.45) is 0 Å². The molecule has 2 aromatic rings.